The van der Waals surface area contributed by atoms with Crippen LogP contribution in [0.5, 0.6) is 0 Å². The Kier molecular flexibility index (Phi) is 4.08. The molecule has 21 heavy (non-hydrogen) atoms. The van der Waals surface area contributed by atoms with E-state index in [2.05, 4.69) is 10.3 Å². The van der Waals surface area contributed by atoms with E-state index in [1.54, 1.807) is 0 Å². The van der Waals surface area contributed by atoms with Crippen molar-refractivity contribution in [2.45, 2.75) is 31.2 Å². The first-order chi connectivity index (χ1) is 9.83. The molecular formula is C12H12ClN3O5. The van der Waals surface area contributed by atoms with Gasteiger partial charge in [0.1, 0.15) is 11.3 Å². The van der Waals surface area contributed by atoms with Crippen LogP contribution in [0.25, 0.3) is 0 Å². The third kappa shape index (κ3) is 3.27. The topological polar surface area (TPSA) is 122 Å². The average molecular weight is 314 g/mol. The summed E-state index contributed by atoms with van der Waals surface area (Å²) in [5.41, 5.74) is -1.30. The molecule has 112 valence electrons. The maximum Gasteiger partial charge on any atom is 0.305 e. The van der Waals surface area contributed by atoms with Crippen molar-refractivity contribution in [1.29, 1.82) is 0 Å². The fourth-order valence-electron chi connectivity index (χ4n) is 2.24. The van der Waals surface area contributed by atoms with E-state index in [0.717, 1.165) is 18.7 Å². The van der Waals surface area contributed by atoms with Crippen LogP contribution in [0.3, 0.4) is 0 Å². The summed E-state index contributed by atoms with van der Waals surface area (Å²) in [6.45, 7) is 0. The molecular weight excluding hydrogens is 302 g/mol. The van der Waals surface area contributed by atoms with Crippen LogP contribution in [-0.4, -0.2) is 32.4 Å². The zero-order valence-corrected chi connectivity index (χ0v) is 11.6. The van der Waals surface area contributed by atoms with Crippen molar-refractivity contribution >= 4 is 29.2 Å². The molecule has 1 heterocycles. The first kappa shape index (κ1) is 15.2. The van der Waals surface area contributed by atoms with E-state index in [1.165, 1.54) is 0 Å². The van der Waals surface area contributed by atoms with Crippen LogP contribution in [0.1, 0.15) is 36.0 Å². The van der Waals surface area contributed by atoms with Crippen LogP contribution in [0.2, 0.25) is 5.15 Å². The number of rotatable bonds is 5. The van der Waals surface area contributed by atoms with Crippen molar-refractivity contribution in [3.8, 4) is 0 Å². The van der Waals surface area contributed by atoms with Gasteiger partial charge in [0.25, 0.3) is 11.6 Å². The van der Waals surface area contributed by atoms with E-state index in [1.807, 2.05) is 0 Å². The molecule has 0 spiro atoms. The summed E-state index contributed by atoms with van der Waals surface area (Å²) in [5, 5.41) is 22.0. The molecule has 1 saturated carbocycles. The highest BCUT2D eigenvalue weighted by atomic mass is 35.5. The Morgan fingerprint density at radius 3 is 2.67 bits per heavy atom. The fraction of sp³-hybridized carbons (Fsp3) is 0.417. The van der Waals surface area contributed by atoms with Gasteiger partial charge in [-0.05, 0) is 19.3 Å². The van der Waals surface area contributed by atoms with Gasteiger partial charge in [0.05, 0.1) is 22.4 Å². The SMILES string of the molecule is O=C(O)CC1(NC(=O)c2cc([N+](=O)[O-])cnc2Cl)CCC1. The number of carbonyl (C=O) groups excluding carboxylic acids is 1. The van der Waals surface area contributed by atoms with Crippen LogP contribution in [0.15, 0.2) is 12.3 Å². The Hall–Kier alpha value is -2.22. The highest BCUT2D eigenvalue weighted by molar-refractivity contribution is 6.32. The second kappa shape index (κ2) is 5.65. The molecule has 0 unspecified atom stereocenters. The molecule has 0 saturated heterocycles. The molecule has 0 aliphatic heterocycles. The number of pyridine rings is 1. The maximum atomic E-state index is 12.2. The van der Waals surface area contributed by atoms with Gasteiger partial charge in [0.2, 0.25) is 0 Å². The lowest BCUT2D eigenvalue weighted by molar-refractivity contribution is -0.385. The summed E-state index contributed by atoms with van der Waals surface area (Å²) < 4.78 is 0. The van der Waals surface area contributed by atoms with E-state index < -0.39 is 22.3 Å². The number of carboxylic acids is 1. The smallest absolute Gasteiger partial charge is 0.305 e. The molecule has 1 amide bonds. The van der Waals surface area contributed by atoms with Crippen LogP contribution >= 0.6 is 11.6 Å². The van der Waals surface area contributed by atoms with Gasteiger partial charge in [0.15, 0.2) is 0 Å². The lowest BCUT2D eigenvalue weighted by atomic mass is 9.74. The number of aliphatic carboxylic acids is 1. The number of aromatic nitrogens is 1. The van der Waals surface area contributed by atoms with Gasteiger partial charge in [-0.3, -0.25) is 19.7 Å². The fourth-order valence-corrected chi connectivity index (χ4v) is 2.43. The molecule has 0 radical (unpaired) electrons. The molecule has 0 atom stereocenters. The van der Waals surface area contributed by atoms with Crippen molar-refractivity contribution in [1.82, 2.24) is 10.3 Å². The van der Waals surface area contributed by atoms with Gasteiger partial charge in [-0.25, -0.2) is 4.98 Å². The van der Waals surface area contributed by atoms with E-state index in [9.17, 15) is 19.7 Å². The minimum atomic E-state index is -1.02. The van der Waals surface area contributed by atoms with E-state index in [-0.39, 0.29) is 22.8 Å². The monoisotopic (exact) mass is 313 g/mol. The standard InChI is InChI=1S/C12H12ClN3O5/c13-10-8(4-7(6-14-10)16(20)21)11(19)15-12(2-1-3-12)5-9(17)18/h4,6H,1-3,5H2,(H,15,19)(H,17,18). The number of amides is 1. The summed E-state index contributed by atoms with van der Waals surface area (Å²) in [5.74, 6) is -1.67. The number of hydrogen-bond acceptors (Lipinski definition) is 5. The van der Waals surface area contributed by atoms with Crippen molar-refractivity contribution in [2.75, 3.05) is 0 Å². The minimum Gasteiger partial charge on any atom is -0.481 e. The predicted molar refractivity (Wildman–Crippen MR) is 72.2 cm³/mol. The van der Waals surface area contributed by atoms with E-state index >= 15 is 0 Å². The Morgan fingerprint density at radius 1 is 1.52 bits per heavy atom. The second-order valence-corrected chi connectivity index (χ2v) is 5.31. The molecule has 2 rings (SSSR count). The highest BCUT2D eigenvalue weighted by Gasteiger charge is 2.40. The number of hydrogen-bond donors (Lipinski definition) is 2. The Labute approximate surface area is 124 Å². The van der Waals surface area contributed by atoms with E-state index in [0.29, 0.717) is 12.8 Å². The number of nitro groups is 1. The third-order valence-corrected chi connectivity index (χ3v) is 3.76. The number of nitrogens with one attached hydrogen (secondary N) is 1. The summed E-state index contributed by atoms with van der Waals surface area (Å²) >= 11 is 5.78. The van der Waals surface area contributed by atoms with Gasteiger partial charge in [-0.15, -0.1) is 0 Å². The molecule has 1 aliphatic rings. The largest absolute Gasteiger partial charge is 0.481 e. The van der Waals surface area contributed by atoms with Crippen LogP contribution < -0.4 is 5.32 Å². The molecule has 1 aromatic heterocycles. The Balaban J connectivity index is 2.22. The van der Waals surface area contributed by atoms with Crippen molar-refractivity contribution in [3.05, 3.63) is 33.1 Å². The molecule has 0 bridgehead atoms. The lowest BCUT2D eigenvalue weighted by Gasteiger charge is -2.41. The van der Waals surface area contributed by atoms with E-state index in [4.69, 9.17) is 16.7 Å². The summed E-state index contributed by atoms with van der Waals surface area (Å²) in [6, 6.07) is 1.03. The molecule has 9 heteroatoms. The summed E-state index contributed by atoms with van der Waals surface area (Å²) in [6.07, 6.45) is 2.67. The predicted octanol–water partition coefficient (Wildman–Crippen LogP) is 1.77. The quantitative estimate of drug-likeness (QED) is 0.485. The van der Waals surface area contributed by atoms with Gasteiger partial charge >= 0.3 is 5.97 Å². The molecule has 0 aromatic carbocycles. The number of nitrogens with zero attached hydrogens (tertiary/aromatic N) is 2. The highest BCUT2D eigenvalue weighted by Crippen LogP contribution is 2.35. The van der Waals surface area contributed by atoms with Gasteiger partial charge in [-0.1, -0.05) is 11.6 Å². The van der Waals surface area contributed by atoms with Crippen LogP contribution in [0.4, 0.5) is 5.69 Å². The average Bonchev–Trinajstić information content (AvgIpc) is 2.35. The lowest BCUT2D eigenvalue weighted by Crippen LogP contribution is -2.54. The van der Waals surface area contributed by atoms with Crippen molar-refractivity contribution in [2.24, 2.45) is 0 Å². The third-order valence-electron chi connectivity index (χ3n) is 3.46. The van der Waals surface area contributed by atoms with Gasteiger partial charge in [0, 0.05) is 6.07 Å². The normalized spacial score (nSPS) is 15.9. The summed E-state index contributed by atoms with van der Waals surface area (Å²) in [7, 11) is 0. The number of halogens is 1. The summed E-state index contributed by atoms with van der Waals surface area (Å²) in [4.78, 5) is 36.7. The molecule has 1 aromatic rings. The molecule has 8 nitrogen and oxygen atoms in total. The first-order valence-electron chi connectivity index (χ1n) is 6.17. The van der Waals surface area contributed by atoms with Gasteiger partial charge < -0.3 is 10.4 Å². The Bertz CT molecular complexity index is 615. The van der Waals surface area contributed by atoms with Crippen LogP contribution in [-0.2, 0) is 4.79 Å². The van der Waals surface area contributed by atoms with Crippen LogP contribution in [0, 0.1) is 10.1 Å². The first-order valence-corrected chi connectivity index (χ1v) is 6.55. The maximum absolute atomic E-state index is 12.2. The van der Waals surface area contributed by atoms with Crippen molar-refractivity contribution < 1.29 is 19.6 Å². The molecule has 1 aliphatic carbocycles. The van der Waals surface area contributed by atoms with Crippen molar-refractivity contribution in [3.63, 3.8) is 0 Å². The minimum absolute atomic E-state index is 0.137. The molecule has 2 N–H and O–H groups in total. The number of carboxylic acid groups (broad SMARTS) is 1. The zero-order chi connectivity index (χ0) is 15.6. The molecule has 1 fully saturated rings. The second-order valence-electron chi connectivity index (χ2n) is 4.95. The zero-order valence-electron chi connectivity index (χ0n) is 10.8. The van der Waals surface area contributed by atoms with Gasteiger partial charge in [-0.2, -0.15) is 0 Å². The Morgan fingerprint density at radius 2 is 2.19 bits per heavy atom. The number of carbonyl (C=O) groups is 2.